The van der Waals surface area contributed by atoms with Gasteiger partial charge in [0, 0.05) is 24.4 Å². The van der Waals surface area contributed by atoms with Gasteiger partial charge in [0.05, 0.1) is 0 Å². The summed E-state index contributed by atoms with van der Waals surface area (Å²) in [5.41, 5.74) is 5.36. The van der Waals surface area contributed by atoms with Gasteiger partial charge >= 0.3 is 0 Å². The average molecular weight is 238 g/mol. The molecule has 0 aliphatic heterocycles. The second kappa shape index (κ2) is 5.36. The van der Waals surface area contributed by atoms with Crippen LogP contribution in [0, 0.1) is 6.92 Å². The Hall–Kier alpha value is -1.29. The summed E-state index contributed by atoms with van der Waals surface area (Å²) >= 11 is 0. The maximum absolute atomic E-state index is 11.5. The summed E-state index contributed by atoms with van der Waals surface area (Å²) in [4.78, 5) is 11.5. The number of nitrogens with one attached hydrogen (secondary N) is 1. The predicted octanol–water partition coefficient (Wildman–Crippen LogP) is 1.72. The lowest BCUT2D eigenvalue weighted by molar-refractivity contribution is -0.121. The first kappa shape index (κ1) is 13.8. The van der Waals surface area contributed by atoms with Crippen molar-refractivity contribution in [3.8, 4) is 0 Å². The van der Waals surface area contributed by atoms with Crippen LogP contribution in [0.2, 0.25) is 0 Å². The van der Waals surface area contributed by atoms with Crippen LogP contribution >= 0.6 is 0 Å². The molecule has 1 atom stereocenters. The van der Waals surface area contributed by atoms with Gasteiger partial charge in [-0.3, -0.25) is 4.79 Å². The smallest absolute Gasteiger partial charge is 0.221 e. The first-order valence-electron chi connectivity index (χ1n) is 5.90. The third kappa shape index (κ3) is 4.23. The molecule has 0 fully saturated rings. The van der Waals surface area contributed by atoms with Crippen LogP contribution in [-0.4, -0.2) is 18.5 Å². The van der Waals surface area contributed by atoms with Crippen LogP contribution in [-0.2, 0) is 10.2 Å². The van der Waals surface area contributed by atoms with Crippen LogP contribution in [0.4, 0.5) is 0 Å². The van der Waals surface area contributed by atoms with Gasteiger partial charge in [-0.2, -0.15) is 0 Å². The molecule has 0 saturated heterocycles. The summed E-state index contributed by atoms with van der Waals surface area (Å²) in [6, 6.07) is 3.78. The fourth-order valence-corrected chi connectivity index (χ4v) is 1.57. The van der Waals surface area contributed by atoms with Crippen LogP contribution in [0.3, 0.4) is 0 Å². The Morgan fingerprint density at radius 3 is 2.65 bits per heavy atom. The van der Waals surface area contributed by atoms with Crippen LogP contribution in [0.5, 0.6) is 0 Å². The molecule has 1 rings (SSSR count). The second-order valence-corrected chi connectivity index (χ2v) is 5.25. The molecule has 0 aliphatic rings. The van der Waals surface area contributed by atoms with E-state index in [-0.39, 0.29) is 17.4 Å². The Bertz CT molecular complexity index is 381. The molecule has 3 N–H and O–H groups in total. The monoisotopic (exact) mass is 238 g/mol. The number of furan rings is 1. The van der Waals surface area contributed by atoms with Gasteiger partial charge < -0.3 is 15.5 Å². The number of amides is 1. The third-order valence-electron chi connectivity index (χ3n) is 2.64. The minimum absolute atomic E-state index is 0.0173. The molecule has 0 aliphatic carbocycles. The molecule has 1 amide bonds. The third-order valence-corrected chi connectivity index (χ3v) is 2.64. The SMILES string of the molecule is Cc1ccc(C(C)(C)CNC(=O)CC(C)N)o1. The highest BCUT2D eigenvalue weighted by atomic mass is 16.3. The molecule has 0 bridgehead atoms. The highest BCUT2D eigenvalue weighted by Gasteiger charge is 2.24. The van der Waals surface area contributed by atoms with Crippen LogP contribution in [0.15, 0.2) is 16.5 Å². The molecule has 1 heterocycles. The maximum Gasteiger partial charge on any atom is 0.221 e. The van der Waals surface area contributed by atoms with E-state index in [0.717, 1.165) is 11.5 Å². The van der Waals surface area contributed by atoms with Gasteiger partial charge in [0.25, 0.3) is 0 Å². The molecule has 1 aromatic rings. The molecule has 17 heavy (non-hydrogen) atoms. The highest BCUT2D eigenvalue weighted by molar-refractivity contribution is 5.76. The molecule has 0 saturated carbocycles. The van der Waals surface area contributed by atoms with Gasteiger partial charge in [-0.15, -0.1) is 0 Å². The standard InChI is InChI=1S/C13H22N2O2/c1-9(14)7-12(16)15-8-13(3,4)11-6-5-10(2)17-11/h5-6,9H,7-8,14H2,1-4H3,(H,15,16). The van der Waals surface area contributed by atoms with E-state index < -0.39 is 0 Å². The van der Waals surface area contributed by atoms with Crippen molar-refractivity contribution in [3.63, 3.8) is 0 Å². The molecule has 1 unspecified atom stereocenters. The normalized spacial score (nSPS) is 13.5. The Morgan fingerprint density at radius 2 is 2.18 bits per heavy atom. The van der Waals surface area contributed by atoms with E-state index in [9.17, 15) is 4.79 Å². The lowest BCUT2D eigenvalue weighted by Crippen LogP contribution is -2.38. The first-order chi connectivity index (χ1) is 7.81. The first-order valence-corrected chi connectivity index (χ1v) is 5.90. The van der Waals surface area contributed by atoms with E-state index in [1.54, 1.807) is 0 Å². The zero-order valence-corrected chi connectivity index (χ0v) is 11.0. The van der Waals surface area contributed by atoms with Crippen LogP contribution in [0.1, 0.15) is 38.7 Å². The Kier molecular flexibility index (Phi) is 4.34. The number of carbonyl (C=O) groups excluding carboxylic acids is 1. The molecule has 0 spiro atoms. The number of hydrogen-bond acceptors (Lipinski definition) is 3. The fourth-order valence-electron chi connectivity index (χ4n) is 1.57. The quantitative estimate of drug-likeness (QED) is 0.820. The van der Waals surface area contributed by atoms with E-state index in [4.69, 9.17) is 10.2 Å². The van der Waals surface area contributed by atoms with Crippen molar-refractivity contribution in [2.75, 3.05) is 6.54 Å². The average Bonchev–Trinajstić information content (AvgIpc) is 2.62. The van der Waals surface area contributed by atoms with E-state index >= 15 is 0 Å². The Labute approximate surface area is 103 Å². The predicted molar refractivity (Wildman–Crippen MR) is 67.7 cm³/mol. The van der Waals surface area contributed by atoms with Crippen molar-refractivity contribution < 1.29 is 9.21 Å². The molecule has 4 nitrogen and oxygen atoms in total. The zero-order valence-electron chi connectivity index (χ0n) is 11.0. The lowest BCUT2D eigenvalue weighted by Gasteiger charge is -2.22. The molecule has 0 aromatic carbocycles. The summed E-state index contributed by atoms with van der Waals surface area (Å²) in [7, 11) is 0. The van der Waals surface area contributed by atoms with E-state index in [0.29, 0.717) is 13.0 Å². The molecule has 96 valence electrons. The number of carbonyl (C=O) groups is 1. The van der Waals surface area contributed by atoms with E-state index in [1.807, 2.05) is 39.8 Å². The van der Waals surface area contributed by atoms with Crippen LogP contribution < -0.4 is 11.1 Å². The van der Waals surface area contributed by atoms with Crippen molar-refractivity contribution in [2.45, 2.75) is 45.6 Å². The van der Waals surface area contributed by atoms with Gasteiger partial charge in [-0.1, -0.05) is 13.8 Å². The lowest BCUT2D eigenvalue weighted by atomic mass is 9.90. The zero-order chi connectivity index (χ0) is 13.1. The number of nitrogens with two attached hydrogens (primary N) is 1. The van der Waals surface area contributed by atoms with Gasteiger partial charge in [-0.05, 0) is 26.0 Å². The molecular weight excluding hydrogens is 216 g/mol. The van der Waals surface area contributed by atoms with Crippen molar-refractivity contribution in [2.24, 2.45) is 5.73 Å². The maximum atomic E-state index is 11.5. The molecule has 0 radical (unpaired) electrons. The van der Waals surface area contributed by atoms with E-state index in [2.05, 4.69) is 5.32 Å². The number of aryl methyl sites for hydroxylation is 1. The topological polar surface area (TPSA) is 68.3 Å². The molecular formula is C13H22N2O2. The van der Waals surface area contributed by atoms with Gasteiger partial charge in [-0.25, -0.2) is 0 Å². The summed E-state index contributed by atoms with van der Waals surface area (Å²) in [5.74, 6) is 1.75. The number of hydrogen-bond donors (Lipinski definition) is 2. The second-order valence-electron chi connectivity index (χ2n) is 5.25. The van der Waals surface area contributed by atoms with Crippen molar-refractivity contribution >= 4 is 5.91 Å². The summed E-state index contributed by atoms with van der Waals surface area (Å²) < 4.78 is 5.59. The Balaban J connectivity index is 2.53. The Morgan fingerprint density at radius 1 is 1.53 bits per heavy atom. The van der Waals surface area contributed by atoms with Gasteiger partial charge in [0.2, 0.25) is 5.91 Å². The fraction of sp³-hybridized carbons (Fsp3) is 0.615. The summed E-state index contributed by atoms with van der Waals surface area (Å²) in [6.45, 7) is 8.36. The molecule has 1 aromatic heterocycles. The minimum atomic E-state index is -0.207. The van der Waals surface area contributed by atoms with Crippen molar-refractivity contribution in [1.29, 1.82) is 0 Å². The summed E-state index contributed by atoms with van der Waals surface area (Å²) in [6.07, 6.45) is 0.354. The largest absolute Gasteiger partial charge is 0.466 e. The number of rotatable bonds is 5. The summed E-state index contributed by atoms with van der Waals surface area (Å²) in [5, 5.41) is 2.88. The van der Waals surface area contributed by atoms with Crippen LogP contribution in [0.25, 0.3) is 0 Å². The van der Waals surface area contributed by atoms with Crippen molar-refractivity contribution in [3.05, 3.63) is 23.7 Å². The minimum Gasteiger partial charge on any atom is -0.466 e. The highest BCUT2D eigenvalue weighted by Crippen LogP contribution is 2.24. The van der Waals surface area contributed by atoms with Gasteiger partial charge in [0.15, 0.2) is 0 Å². The van der Waals surface area contributed by atoms with Gasteiger partial charge in [0.1, 0.15) is 11.5 Å². The van der Waals surface area contributed by atoms with E-state index in [1.165, 1.54) is 0 Å². The molecule has 4 heteroatoms. The van der Waals surface area contributed by atoms with Crippen molar-refractivity contribution in [1.82, 2.24) is 5.32 Å².